The third-order valence-electron chi connectivity index (χ3n) is 1.74. The monoisotopic (exact) mass is 192 g/mol. The third kappa shape index (κ3) is 14.7. The van der Waals surface area contributed by atoms with Gasteiger partial charge in [0, 0.05) is 0 Å². The van der Waals surface area contributed by atoms with Crippen molar-refractivity contribution >= 4 is 0 Å². The molecule has 0 aromatic heterocycles. The quantitative estimate of drug-likeness (QED) is 0.460. The largest absolute Gasteiger partial charge is 0.333 e. The number of nitrogens with two attached hydrogens (primary N) is 3. The molecule has 0 aliphatic carbocycles. The maximum atomic E-state index is 4.50. The fourth-order valence-corrected chi connectivity index (χ4v) is 1.06. The normalized spacial score (nSPS) is 18.2. The summed E-state index contributed by atoms with van der Waals surface area (Å²) in [6.45, 7) is 4.77. The first-order chi connectivity index (χ1) is 6.43. The van der Waals surface area contributed by atoms with Gasteiger partial charge in [-0.25, -0.2) is 0 Å². The zero-order valence-electron chi connectivity index (χ0n) is 9.64. The molecule has 1 heterocycles. The number of hydrogen-bond acceptors (Lipinski definition) is 4. The molecule has 0 radical (unpaired) electrons. The predicted octanol–water partition coefficient (Wildman–Crippen LogP) is -0.269. The summed E-state index contributed by atoms with van der Waals surface area (Å²) in [6, 6.07) is 0. The van der Waals surface area contributed by atoms with Crippen molar-refractivity contribution in [2.75, 3.05) is 34.2 Å². The summed E-state index contributed by atoms with van der Waals surface area (Å²) in [5.41, 5.74) is 13.5. The Hall–Kier alpha value is -0.160. The number of nitrogens with one attached hydrogen (secondary N) is 1. The van der Waals surface area contributed by atoms with Crippen LogP contribution in [-0.4, -0.2) is 34.2 Å². The Balaban J connectivity index is -0.000000144. The van der Waals surface area contributed by atoms with Crippen LogP contribution in [0.2, 0.25) is 0 Å². The molecule has 1 fully saturated rings. The molecule has 0 bridgehead atoms. The van der Waals surface area contributed by atoms with E-state index in [0.29, 0.717) is 0 Å². The molecule has 1 aliphatic rings. The average molecular weight is 192 g/mol. The van der Waals surface area contributed by atoms with E-state index in [4.69, 9.17) is 0 Å². The highest BCUT2D eigenvalue weighted by molar-refractivity contribution is 4.68. The lowest BCUT2D eigenvalue weighted by Gasteiger charge is -1.98. The van der Waals surface area contributed by atoms with Gasteiger partial charge in [-0.05, 0) is 46.6 Å². The van der Waals surface area contributed by atoms with Gasteiger partial charge < -0.3 is 22.5 Å². The van der Waals surface area contributed by atoms with Gasteiger partial charge in [0.25, 0.3) is 0 Å². The average Bonchev–Trinajstić information content (AvgIpc) is 2.79. The van der Waals surface area contributed by atoms with Crippen molar-refractivity contribution < 1.29 is 0 Å². The molecule has 0 aromatic carbocycles. The minimum absolute atomic E-state index is 0.986. The van der Waals surface area contributed by atoms with Crippen molar-refractivity contribution in [2.45, 2.75) is 19.8 Å². The zero-order chi connectivity index (χ0) is 11.1. The van der Waals surface area contributed by atoms with E-state index in [1.54, 1.807) is 0 Å². The van der Waals surface area contributed by atoms with Crippen molar-refractivity contribution in [3.05, 3.63) is 0 Å². The lowest BCUT2D eigenvalue weighted by molar-refractivity contribution is 0.563. The topological polar surface area (TPSA) is 90.1 Å². The first-order valence-electron chi connectivity index (χ1n) is 4.87. The number of rotatable bonds is 1. The van der Waals surface area contributed by atoms with Crippen molar-refractivity contribution in [3.63, 3.8) is 0 Å². The molecular weight excluding hydrogens is 164 g/mol. The smallest absolute Gasteiger partial charge is 0.00201 e. The van der Waals surface area contributed by atoms with Gasteiger partial charge in [0.1, 0.15) is 0 Å². The van der Waals surface area contributed by atoms with Gasteiger partial charge in [-0.3, -0.25) is 0 Å². The second kappa shape index (κ2) is 22.6. The van der Waals surface area contributed by atoms with Gasteiger partial charge in [-0.15, -0.1) is 0 Å². The maximum absolute atomic E-state index is 4.50. The molecule has 0 aromatic rings. The summed E-state index contributed by atoms with van der Waals surface area (Å²) in [5.74, 6) is 0.986. The van der Waals surface area contributed by atoms with E-state index >= 15 is 0 Å². The summed E-state index contributed by atoms with van der Waals surface area (Å²) in [5, 5.41) is 3.32. The van der Waals surface area contributed by atoms with Crippen LogP contribution in [-0.2, 0) is 0 Å². The van der Waals surface area contributed by atoms with Crippen LogP contribution in [0.4, 0.5) is 0 Å². The first-order valence-corrected chi connectivity index (χ1v) is 4.87. The predicted molar refractivity (Wildman–Crippen MR) is 61.6 cm³/mol. The molecule has 4 heteroatoms. The zero-order valence-corrected chi connectivity index (χ0v) is 9.64. The van der Waals surface area contributed by atoms with Crippen LogP contribution in [0.1, 0.15) is 19.8 Å². The van der Waals surface area contributed by atoms with Crippen molar-refractivity contribution in [1.29, 1.82) is 0 Å². The second-order valence-electron chi connectivity index (χ2n) is 2.27. The van der Waals surface area contributed by atoms with Gasteiger partial charge in [-0.1, -0.05) is 13.3 Å². The van der Waals surface area contributed by atoms with E-state index in [-0.39, 0.29) is 0 Å². The molecule has 13 heavy (non-hydrogen) atoms. The SMILES string of the molecule is CCC1CCNC1.CN.CN.CN. The Labute approximate surface area is 83.2 Å². The molecule has 1 rings (SSSR count). The number of hydrogen-bond donors (Lipinski definition) is 4. The van der Waals surface area contributed by atoms with Crippen molar-refractivity contribution in [1.82, 2.24) is 5.32 Å². The van der Waals surface area contributed by atoms with Crippen LogP contribution < -0.4 is 22.5 Å². The summed E-state index contributed by atoms with van der Waals surface area (Å²) in [6.07, 6.45) is 2.75. The van der Waals surface area contributed by atoms with Crippen LogP contribution in [0.25, 0.3) is 0 Å². The highest BCUT2D eigenvalue weighted by atomic mass is 14.9. The minimum atomic E-state index is 0.986. The molecule has 4 nitrogen and oxygen atoms in total. The first kappa shape index (κ1) is 18.6. The lowest BCUT2D eigenvalue weighted by Crippen LogP contribution is -2.07. The van der Waals surface area contributed by atoms with Crippen molar-refractivity contribution in [2.24, 2.45) is 23.1 Å². The van der Waals surface area contributed by atoms with E-state index in [1.165, 1.54) is 47.1 Å². The van der Waals surface area contributed by atoms with Gasteiger partial charge >= 0.3 is 0 Å². The Bertz CT molecular complexity index is 53.6. The molecule has 1 unspecified atom stereocenters. The maximum Gasteiger partial charge on any atom is -0.00201 e. The summed E-state index contributed by atoms with van der Waals surface area (Å²) < 4.78 is 0. The van der Waals surface area contributed by atoms with Gasteiger partial charge in [0.05, 0.1) is 0 Å². The highest BCUT2D eigenvalue weighted by Gasteiger charge is 2.10. The van der Waals surface area contributed by atoms with Crippen LogP contribution in [0.15, 0.2) is 0 Å². The van der Waals surface area contributed by atoms with Crippen LogP contribution >= 0.6 is 0 Å². The molecule has 84 valence electrons. The highest BCUT2D eigenvalue weighted by Crippen LogP contribution is 2.09. The molecule has 1 atom stereocenters. The van der Waals surface area contributed by atoms with Crippen LogP contribution in [0, 0.1) is 5.92 Å². The standard InChI is InChI=1S/C6H13N.3CH5N/c1-2-6-3-4-7-5-6;3*1-2/h6-7H,2-5H2,1H3;3*2H2,1H3. The van der Waals surface area contributed by atoms with Gasteiger partial charge in [0.15, 0.2) is 0 Å². The molecule has 1 saturated heterocycles. The van der Waals surface area contributed by atoms with Gasteiger partial charge in [-0.2, -0.15) is 0 Å². The van der Waals surface area contributed by atoms with E-state index in [0.717, 1.165) is 5.92 Å². The van der Waals surface area contributed by atoms with Crippen molar-refractivity contribution in [3.8, 4) is 0 Å². The van der Waals surface area contributed by atoms with E-state index in [2.05, 4.69) is 29.4 Å². The minimum Gasteiger partial charge on any atom is -0.333 e. The molecular formula is C9H28N4. The van der Waals surface area contributed by atoms with Gasteiger partial charge in [0.2, 0.25) is 0 Å². The van der Waals surface area contributed by atoms with E-state index in [1.807, 2.05) is 0 Å². The third-order valence-corrected chi connectivity index (χ3v) is 1.74. The molecule has 0 spiro atoms. The Morgan fingerprint density at radius 1 is 1.08 bits per heavy atom. The Morgan fingerprint density at radius 3 is 1.69 bits per heavy atom. The Kier molecular flexibility index (Phi) is 32.4. The second-order valence-corrected chi connectivity index (χ2v) is 2.27. The summed E-state index contributed by atoms with van der Waals surface area (Å²) >= 11 is 0. The van der Waals surface area contributed by atoms with E-state index < -0.39 is 0 Å². The molecule has 7 N–H and O–H groups in total. The van der Waals surface area contributed by atoms with E-state index in [9.17, 15) is 0 Å². The fraction of sp³-hybridized carbons (Fsp3) is 1.00. The fourth-order valence-electron chi connectivity index (χ4n) is 1.06. The van der Waals surface area contributed by atoms with Crippen LogP contribution in [0.5, 0.6) is 0 Å². The molecule has 0 amide bonds. The summed E-state index contributed by atoms with van der Waals surface area (Å²) in [7, 11) is 4.50. The lowest BCUT2D eigenvalue weighted by atomic mass is 10.1. The summed E-state index contributed by atoms with van der Waals surface area (Å²) in [4.78, 5) is 0. The molecule has 1 aliphatic heterocycles. The molecule has 0 saturated carbocycles. The van der Waals surface area contributed by atoms with Crippen LogP contribution in [0.3, 0.4) is 0 Å². The Morgan fingerprint density at radius 2 is 1.54 bits per heavy atom.